The lowest BCUT2D eigenvalue weighted by atomic mass is 9.69. The van der Waals surface area contributed by atoms with Crippen LogP contribution in [-0.2, 0) is 19.1 Å². The second-order valence-corrected chi connectivity index (χ2v) is 6.00. The summed E-state index contributed by atoms with van der Waals surface area (Å²) in [6.45, 7) is 5.86. The van der Waals surface area contributed by atoms with Gasteiger partial charge in [-0.2, -0.15) is 0 Å². The second kappa shape index (κ2) is 4.18. The number of esters is 1. The third kappa shape index (κ3) is 1.54. The molecule has 2 fully saturated rings. The largest absolute Gasteiger partial charge is 0.465 e. The van der Waals surface area contributed by atoms with Crippen molar-refractivity contribution in [2.45, 2.75) is 46.5 Å². The minimum Gasteiger partial charge on any atom is -0.465 e. The summed E-state index contributed by atoms with van der Waals surface area (Å²) >= 11 is 0. The van der Waals surface area contributed by atoms with Crippen LogP contribution in [0.25, 0.3) is 0 Å². The summed E-state index contributed by atoms with van der Waals surface area (Å²) in [5.74, 6) is -1.06. The molecule has 0 spiro atoms. The number of ether oxygens (including phenoxy) is 1. The van der Waals surface area contributed by atoms with E-state index in [4.69, 9.17) is 4.74 Å². The van der Waals surface area contributed by atoms with Crippen molar-refractivity contribution in [3.05, 3.63) is 0 Å². The number of hydrogen-bond donors (Lipinski definition) is 0. The molecule has 2 aliphatic carbocycles. The molecule has 0 N–H and O–H groups in total. The summed E-state index contributed by atoms with van der Waals surface area (Å²) in [4.78, 5) is 35.5. The Morgan fingerprint density at radius 2 is 2.06 bits per heavy atom. The van der Waals surface area contributed by atoms with Crippen molar-refractivity contribution in [2.75, 3.05) is 6.61 Å². The number of carbonyl (C=O) groups excluding carboxylic acids is 3. The van der Waals surface area contributed by atoms with Gasteiger partial charge in [0.1, 0.15) is 6.61 Å². The molecule has 2 aliphatic rings. The molecule has 2 rings (SSSR count). The summed E-state index contributed by atoms with van der Waals surface area (Å²) in [6, 6.07) is 0. The van der Waals surface area contributed by atoms with E-state index in [1.807, 2.05) is 20.8 Å². The van der Waals surface area contributed by atoms with Crippen LogP contribution in [0, 0.1) is 16.7 Å². The SMILES string of the molecule is CCCC(=O)OC[C@@]12CCC(C(=O)C1=O)C2(C)C. The summed E-state index contributed by atoms with van der Waals surface area (Å²) in [7, 11) is 0. The second-order valence-electron chi connectivity index (χ2n) is 6.00. The zero-order valence-electron chi connectivity index (χ0n) is 11.2. The van der Waals surface area contributed by atoms with Gasteiger partial charge in [0.25, 0.3) is 0 Å². The van der Waals surface area contributed by atoms with Crippen LogP contribution in [0.3, 0.4) is 0 Å². The van der Waals surface area contributed by atoms with E-state index in [2.05, 4.69) is 0 Å². The van der Waals surface area contributed by atoms with Crippen LogP contribution in [0.4, 0.5) is 0 Å². The monoisotopic (exact) mass is 252 g/mol. The molecule has 1 unspecified atom stereocenters. The topological polar surface area (TPSA) is 60.4 Å². The maximum absolute atomic E-state index is 12.1. The van der Waals surface area contributed by atoms with Crippen LogP contribution in [0.5, 0.6) is 0 Å². The number of Topliss-reactive ketones (excluding diaryl/α,β-unsaturated/α-hetero) is 2. The zero-order chi connectivity index (χ0) is 13.6. The Morgan fingerprint density at radius 3 is 2.56 bits per heavy atom. The van der Waals surface area contributed by atoms with Crippen molar-refractivity contribution in [1.29, 1.82) is 0 Å². The third-order valence-electron chi connectivity index (χ3n) is 4.87. The lowest BCUT2D eigenvalue weighted by Gasteiger charge is -2.34. The first-order valence-electron chi connectivity index (χ1n) is 6.61. The molecule has 0 heterocycles. The molecule has 2 saturated carbocycles. The van der Waals surface area contributed by atoms with E-state index in [1.54, 1.807) is 0 Å². The lowest BCUT2D eigenvalue weighted by Crippen LogP contribution is -2.41. The Balaban J connectivity index is 2.17. The maximum Gasteiger partial charge on any atom is 0.305 e. The predicted octanol–water partition coefficient (Wildman–Crippen LogP) is 1.90. The fourth-order valence-electron chi connectivity index (χ4n) is 3.47. The minimum atomic E-state index is -0.766. The van der Waals surface area contributed by atoms with Crippen LogP contribution in [0.2, 0.25) is 0 Å². The molecule has 2 atom stereocenters. The normalized spacial score (nSPS) is 32.9. The molecule has 18 heavy (non-hydrogen) atoms. The molecule has 0 radical (unpaired) electrons. The molecule has 0 aromatic carbocycles. The van der Waals surface area contributed by atoms with Gasteiger partial charge in [0, 0.05) is 12.3 Å². The predicted molar refractivity (Wildman–Crippen MR) is 64.8 cm³/mol. The Kier molecular flexibility index (Phi) is 3.07. The smallest absolute Gasteiger partial charge is 0.305 e. The zero-order valence-corrected chi connectivity index (χ0v) is 11.2. The lowest BCUT2D eigenvalue weighted by molar-refractivity contribution is -0.154. The van der Waals surface area contributed by atoms with Crippen LogP contribution in [0.1, 0.15) is 46.5 Å². The van der Waals surface area contributed by atoms with E-state index in [-0.39, 0.29) is 35.5 Å². The van der Waals surface area contributed by atoms with Crippen molar-refractivity contribution in [2.24, 2.45) is 16.7 Å². The molecular weight excluding hydrogens is 232 g/mol. The summed E-state index contributed by atoms with van der Waals surface area (Å²) in [5.41, 5.74) is -1.15. The van der Waals surface area contributed by atoms with E-state index >= 15 is 0 Å². The van der Waals surface area contributed by atoms with Gasteiger partial charge >= 0.3 is 5.97 Å². The first kappa shape index (κ1) is 13.2. The van der Waals surface area contributed by atoms with Gasteiger partial charge in [0.2, 0.25) is 11.6 Å². The molecule has 0 amide bonds. The van der Waals surface area contributed by atoms with Gasteiger partial charge in [-0.25, -0.2) is 0 Å². The highest BCUT2D eigenvalue weighted by Gasteiger charge is 2.69. The minimum absolute atomic E-state index is 0.0694. The summed E-state index contributed by atoms with van der Waals surface area (Å²) in [5, 5.41) is 0. The van der Waals surface area contributed by atoms with Gasteiger partial charge in [-0.05, 0) is 24.7 Å². The number of carbonyl (C=O) groups is 3. The van der Waals surface area contributed by atoms with Crippen LogP contribution < -0.4 is 0 Å². The molecule has 100 valence electrons. The van der Waals surface area contributed by atoms with E-state index in [0.717, 1.165) is 12.8 Å². The van der Waals surface area contributed by atoms with Crippen molar-refractivity contribution < 1.29 is 19.1 Å². The molecule has 2 bridgehead atoms. The van der Waals surface area contributed by atoms with E-state index in [9.17, 15) is 14.4 Å². The van der Waals surface area contributed by atoms with Gasteiger partial charge < -0.3 is 4.74 Å². The first-order valence-corrected chi connectivity index (χ1v) is 6.61. The van der Waals surface area contributed by atoms with Crippen LogP contribution in [0.15, 0.2) is 0 Å². The molecule has 4 heteroatoms. The van der Waals surface area contributed by atoms with E-state index in [0.29, 0.717) is 12.8 Å². The van der Waals surface area contributed by atoms with Crippen LogP contribution in [-0.4, -0.2) is 24.1 Å². The van der Waals surface area contributed by atoms with Gasteiger partial charge in [0.15, 0.2) is 0 Å². The molecular formula is C14H20O4. The van der Waals surface area contributed by atoms with Crippen molar-refractivity contribution in [3.8, 4) is 0 Å². The molecule has 4 nitrogen and oxygen atoms in total. The highest BCUT2D eigenvalue weighted by Crippen LogP contribution is 2.62. The Bertz CT molecular complexity index is 410. The molecule has 0 aromatic rings. The number of ketones is 2. The average molecular weight is 252 g/mol. The molecule has 0 aromatic heterocycles. The number of hydrogen-bond acceptors (Lipinski definition) is 4. The van der Waals surface area contributed by atoms with Crippen molar-refractivity contribution >= 4 is 17.5 Å². The number of rotatable bonds is 4. The fourth-order valence-corrected chi connectivity index (χ4v) is 3.47. The summed E-state index contributed by atoms with van der Waals surface area (Å²) < 4.78 is 5.23. The summed E-state index contributed by atoms with van der Waals surface area (Å²) in [6.07, 6.45) is 2.49. The van der Waals surface area contributed by atoms with Crippen molar-refractivity contribution in [1.82, 2.24) is 0 Å². The van der Waals surface area contributed by atoms with Gasteiger partial charge in [0.05, 0.1) is 5.41 Å². The Morgan fingerprint density at radius 1 is 1.39 bits per heavy atom. The maximum atomic E-state index is 12.1. The highest BCUT2D eigenvalue weighted by molar-refractivity contribution is 6.43. The van der Waals surface area contributed by atoms with E-state index in [1.165, 1.54) is 0 Å². The Labute approximate surface area is 107 Å². The third-order valence-corrected chi connectivity index (χ3v) is 4.87. The Hall–Kier alpha value is -1.19. The molecule has 0 aliphatic heterocycles. The van der Waals surface area contributed by atoms with Gasteiger partial charge in [-0.1, -0.05) is 20.8 Å². The average Bonchev–Trinajstić information content (AvgIpc) is 2.63. The van der Waals surface area contributed by atoms with Gasteiger partial charge in [-0.15, -0.1) is 0 Å². The number of fused-ring (bicyclic) bond motifs is 2. The standard InChI is InChI=1S/C14H20O4/c1-4-5-10(15)18-8-14-7-6-9(13(14,2)3)11(16)12(14)17/h9H,4-8H2,1-3H3/t9?,14-/m0/s1. The fraction of sp³-hybridized carbons (Fsp3) is 0.786. The van der Waals surface area contributed by atoms with Crippen LogP contribution >= 0.6 is 0 Å². The quantitative estimate of drug-likeness (QED) is 0.566. The van der Waals surface area contributed by atoms with Crippen molar-refractivity contribution in [3.63, 3.8) is 0 Å². The molecule has 0 saturated heterocycles. The van der Waals surface area contributed by atoms with E-state index < -0.39 is 5.41 Å². The first-order chi connectivity index (χ1) is 8.37. The van der Waals surface area contributed by atoms with Gasteiger partial charge in [-0.3, -0.25) is 14.4 Å². The highest BCUT2D eigenvalue weighted by atomic mass is 16.5.